The number of benzene rings is 1. The van der Waals surface area contributed by atoms with E-state index in [1.54, 1.807) is 42.5 Å². The van der Waals surface area contributed by atoms with Crippen molar-refractivity contribution < 1.29 is 10.2 Å². The first-order chi connectivity index (χ1) is 8.15. The number of allylic oxidation sites excluding steroid dienone is 1. The van der Waals surface area contributed by atoms with Gasteiger partial charge < -0.3 is 10.2 Å². The van der Waals surface area contributed by atoms with Gasteiger partial charge in [-0.1, -0.05) is 30.3 Å². The van der Waals surface area contributed by atoms with Gasteiger partial charge in [-0.05, 0) is 23.3 Å². The van der Waals surface area contributed by atoms with Crippen molar-refractivity contribution in [3.63, 3.8) is 0 Å². The summed E-state index contributed by atoms with van der Waals surface area (Å²) in [7, 11) is 0. The van der Waals surface area contributed by atoms with Crippen LogP contribution in [0.3, 0.4) is 0 Å². The number of nitrogens with zero attached hydrogens (tertiary/aromatic N) is 2. The molecule has 0 aliphatic rings. The quantitative estimate of drug-likeness (QED) is 0.603. The zero-order valence-electron chi connectivity index (χ0n) is 8.91. The topological polar surface area (TPSA) is 88.0 Å². The Bertz CT molecular complexity index is 498. The molecular weight excluding hydrogens is 216 g/mol. The molecular formula is C13H10N2O2. The Morgan fingerprint density at radius 2 is 1.59 bits per heavy atom. The molecule has 4 heteroatoms. The Labute approximate surface area is 99.0 Å². The summed E-state index contributed by atoms with van der Waals surface area (Å²) >= 11 is 0. The van der Waals surface area contributed by atoms with E-state index >= 15 is 0 Å². The third-order valence-corrected chi connectivity index (χ3v) is 1.95. The lowest BCUT2D eigenvalue weighted by atomic mass is 10.1. The average molecular weight is 226 g/mol. The third kappa shape index (κ3) is 4.31. The van der Waals surface area contributed by atoms with Crippen LogP contribution in [0, 0.1) is 22.7 Å². The van der Waals surface area contributed by atoms with E-state index in [0.717, 1.165) is 11.1 Å². The number of hydrogen-bond donors (Lipinski definition) is 2. The van der Waals surface area contributed by atoms with Crippen LogP contribution in [0.15, 0.2) is 35.9 Å². The summed E-state index contributed by atoms with van der Waals surface area (Å²) < 4.78 is 0. The molecule has 0 fully saturated rings. The highest BCUT2D eigenvalue weighted by Gasteiger charge is 1.94. The van der Waals surface area contributed by atoms with Crippen molar-refractivity contribution in [3.05, 3.63) is 47.0 Å². The van der Waals surface area contributed by atoms with Crippen molar-refractivity contribution in [3.8, 4) is 12.1 Å². The smallest absolute Gasteiger partial charge is 0.171 e. The molecule has 0 amide bonds. The predicted molar refractivity (Wildman–Crippen MR) is 62.9 cm³/mol. The Morgan fingerprint density at radius 3 is 2.06 bits per heavy atom. The summed E-state index contributed by atoms with van der Waals surface area (Å²) in [6.45, 7) is 0. The second kappa shape index (κ2) is 6.24. The van der Waals surface area contributed by atoms with Crippen LogP contribution in [0.2, 0.25) is 0 Å². The average Bonchev–Trinajstić information content (AvgIpc) is 2.34. The van der Waals surface area contributed by atoms with Gasteiger partial charge in [-0.15, -0.1) is 0 Å². The van der Waals surface area contributed by atoms with Crippen LogP contribution >= 0.6 is 0 Å². The highest BCUT2D eigenvalue weighted by atomic mass is 16.5. The number of nitriles is 2. The predicted octanol–water partition coefficient (Wildman–Crippen LogP) is 1.44. The molecule has 1 aromatic carbocycles. The molecule has 0 saturated carbocycles. The van der Waals surface area contributed by atoms with Crippen molar-refractivity contribution in [1.29, 1.82) is 10.5 Å². The molecule has 0 aromatic heterocycles. The summed E-state index contributed by atoms with van der Waals surface area (Å²) in [6, 6.07) is 10.5. The number of hydrogen-bond acceptors (Lipinski definition) is 4. The van der Waals surface area contributed by atoms with E-state index in [0.29, 0.717) is 0 Å². The number of rotatable bonds is 3. The lowest BCUT2D eigenvalue weighted by molar-refractivity contribution is 0.00304. The standard InChI is InChI=1S/C13H10N2O2/c14-8-12(9-15)7-11-3-1-10(2-4-11)5-6-13(16)17/h1-7,13,16-17H/b6-5+. The normalized spacial score (nSPS) is 9.94. The number of aliphatic hydroxyl groups is 2. The van der Waals surface area contributed by atoms with Gasteiger partial charge in [0, 0.05) is 0 Å². The fourth-order valence-corrected chi connectivity index (χ4v) is 1.16. The minimum Gasteiger partial charge on any atom is -0.365 e. The van der Waals surface area contributed by atoms with E-state index in [4.69, 9.17) is 20.7 Å². The maximum absolute atomic E-state index is 8.64. The highest BCUT2D eigenvalue weighted by Crippen LogP contribution is 2.10. The van der Waals surface area contributed by atoms with Crippen molar-refractivity contribution in [2.75, 3.05) is 0 Å². The Hall–Kier alpha value is -2.40. The first-order valence-corrected chi connectivity index (χ1v) is 4.82. The lowest BCUT2D eigenvalue weighted by Crippen LogP contribution is -1.96. The van der Waals surface area contributed by atoms with Crippen molar-refractivity contribution in [2.24, 2.45) is 0 Å². The van der Waals surface area contributed by atoms with Gasteiger partial charge in [0.15, 0.2) is 6.29 Å². The fraction of sp³-hybridized carbons (Fsp3) is 0.0769. The molecule has 0 aliphatic carbocycles. The van der Waals surface area contributed by atoms with Crippen LogP contribution < -0.4 is 0 Å². The molecule has 0 aliphatic heterocycles. The fourth-order valence-electron chi connectivity index (χ4n) is 1.16. The minimum atomic E-state index is -1.47. The van der Waals surface area contributed by atoms with E-state index < -0.39 is 6.29 Å². The van der Waals surface area contributed by atoms with Crippen molar-refractivity contribution >= 4 is 12.2 Å². The van der Waals surface area contributed by atoms with E-state index in [2.05, 4.69) is 0 Å². The first-order valence-electron chi connectivity index (χ1n) is 4.82. The maximum Gasteiger partial charge on any atom is 0.171 e. The zero-order chi connectivity index (χ0) is 12.7. The first kappa shape index (κ1) is 12.7. The SMILES string of the molecule is N#CC(C#N)=Cc1ccc(/C=C/C(O)O)cc1. The molecule has 0 bridgehead atoms. The maximum atomic E-state index is 8.64. The van der Waals surface area contributed by atoms with E-state index in [1.165, 1.54) is 12.2 Å². The summed E-state index contributed by atoms with van der Waals surface area (Å²) in [5, 5.41) is 34.4. The molecule has 4 nitrogen and oxygen atoms in total. The van der Waals surface area contributed by atoms with Crippen LogP contribution in [0.5, 0.6) is 0 Å². The van der Waals surface area contributed by atoms with Gasteiger partial charge in [-0.3, -0.25) is 0 Å². The van der Waals surface area contributed by atoms with E-state index in [1.807, 2.05) is 0 Å². The molecule has 0 radical (unpaired) electrons. The molecule has 1 aromatic rings. The Balaban J connectivity index is 2.87. The van der Waals surface area contributed by atoms with Crippen LogP contribution in [0.25, 0.3) is 12.2 Å². The summed E-state index contributed by atoms with van der Waals surface area (Å²) in [5.41, 5.74) is 1.58. The molecule has 1 rings (SSSR count). The molecule has 0 saturated heterocycles. The van der Waals surface area contributed by atoms with Crippen LogP contribution in [-0.4, -0.2) is 16.5 Å². The van der Waals surface area contributed by atoms with Gasteiger partial charge in [0.2, 0.25) is 0 Å². The Kier molecular flexibility index (Phi) is 4.65. The largest absolute Gasteiger partial charge is 0.365 e. The lowest BCUT2D eigenvalue weighted by Gasteiger charge is -1.97. The highest BCUT2D eigenvalue weighted by molar-refractivity contribution is 5.63. The molecule has 2 N–H and O–H groups in total. The third-order valence-electron chi connectivity index (χ3n) is 1.95. The zero-order valence-corrected chi connectivity index (χ0v) is 8.91. The van der Waals surface area contributed by atoms with Gasteiger partial charge in [-0.2, -0.15) is 10.5 Å². The number of aliphatic hydroxyl groups excluding tert-OH is 1. The minimum absolute atomic E-state index is 0.0408. The van der Waals surface area contributed by atoms with Gasteiger partial charge in [0.05, 0.1) is 0 Å². The molecule has 0 unspecified atom stereocenters. The summed E-state index contributed by atoms with van der Waals surface area (Å²) in [4.78, 5) is 0. The summed E-state index contributed by atoms with van der Waals surface area (Å²) in [5.74, 6) is 0. The van der Waals surface area contributed by atoms with Crippen LogP contribution in [0.4, 0.5) is 0 Å². The molecule has 17 heavy (non-hydrogen) atoms. The van der Waals surface area contributed by atoms with Gasteiger partial charge >= 0.3 is 0 Å². The molecule has 0 heterocycles. The Morgan fingerprint density at radius 1 is 1.06 bits per heavy atom. The van der Waals surface area contributed by atoms with Gasteiger partial charge in [0.1, 0.15) is 17.7 Å². The van der Waals surface area contributed by atoms with Crippen LogP contribution in [0.1, 0.15) is 11.1 Å². The summed E-state index contributed by atoms with van der Waals surface area (Å²) in [6.07, 6.45) is 2.81. The molecule has 0 spiro atoms. The van der Waals surface area contributed by atoms with Gasteiger partial charge in [0.25, 0.3) is 0 Å². The second-order valence-electron chi connectivity index (χ2n) is 3.22. The molecule has 84 valence electrons. The van der Waals surface area contributed by atoms with Gasteiger partial charge in [-0.25, -0.2) is 0 Å². The van der Waals surface area contributed by atoms with Crippen molar-refractivity contribution in [2.45, 2.75) is 6.29 Å². The monoisotopic (exact) mass is 226 g/mol. The van der Waals surface area contributed by atoms with E-state index in [9.17, 15) is 0 Å². The van der Waals surface area contributed by atoms with Crippen LogP contribution in [-0.2, 0) is 0 Å². The van der Waals surface area contributed by atoms with Crippen molar-refractivity contribution in [1.82, 2.24) is 0 Å². The second-order valence-corrected chi connectivity index (χ2v) is 3.22. The molecule has 0 atom stereocenters. The van der Waals surface area contributed by atoms with E-state index in [-0.39, 0.29) is 5.57 Å².